The normalized spacial score (nSPS) is 14.3. The number of aromatic amines is 1. The maximum absolute atomic E-state index is 12.5. The number of amides is 1. The van der Waals surface area contributed by atoms with E-state index in [1.54, 1.807) is 18.2 Å². The zero-order valence-corrected chi connectivity index (χ0v) is 15.1. The molecule has 1 aromatic heterocycles. The number of carbonyl (C=O) groups excluding carboxylic acids is 2. The molecule has 0 spiro atoms. The van der Waals surface area contributed by atoms with Crippen LogP contribution in [-0.2, 0) is 9.53 Å². The van der Waals surface area contributed by atoms with Gasteiger partial charge in [-0.25, -0.2) is 9.89 Å². The summed E-state index contributed by atoms with van der Waals surface area (Å²) in [5.41, 5.74) is 4.56. The second-order valence-electron chi connectivity index (χ2n) is 6.16. The van der Waals surface area contributed by atoms with Crippen molar-refractivity contribution in [1.82, 2.24) is 20.6 Å². The molecule has 0 atom stereocenters. The number of methoxy groups -OCH3 is 1. The summed E-state index contributed by atoms with van der Waals surface area (Å²) in [7, 11) is 1.32. The highest BCUT2D eigenvalue weighted by Crippen LogP contribution is 2.35. The van der Waals surface area contributed by atoms with Crippen molar-refractivity contribution in [2.45, 2.75) is 6.92 Å². The summed E-state index contributed by atoms with van der Waals surface area (Å²) >= 11 is 0. The summed E-state index contributed by atoms with van der Waals surface area (Å²) in [6, 6.07) is 12.5. The fourth-order valence-electron chi connectivity index (χ4n) is 3.06. The van der Waals surface area contributed by atoms with Crippen LogP contribution >= 0.6 is 0 Å². The van der Waals surface area contributed by atoms with Crippen LogP contribution in [0.1, 0.15) is 22.8 Å². The standard InChI is InChI=1S/C19H16N6O3/c1-10(20-13-6-3-11(4-7-13)17-22-24-25-23-17)16-14-8-5-12(19(27)28-2)9-15(14)21-18(16)26/h3-9,20H,1-2H3,(H,21,26)(H,22,23,24,25)/b16-10-. The summed E-state index contributed by atoms with van der Waals surface area (Å²) in [5.74, 6) is -0.107. The number of nitrogens with one attached hydrogen (secondary N) is 3. The molecular weight excluding hydrogens is 360 g/mol. The Labute approximate surface area is 159 Å². The minimum atomic E-state index is -0.452. The molecule has 1 aliphatic rings. The average molecular weight is 376 g/mol. The number of nitrogens with zero attached hydrogens (tertiary/aromatic N) is 3. The zero-order valence-electron chi connectivity index (χ0n) is 15.1. The molecule has 0 aliphatic carbocycles. The van der Waals surface area contributed by atoms with E-state index in [9.17, 15) is 9.59 Å². The van der Waals surface area contributed by atoms with Gasteiger partial charge in [0.15, 0.2) is 5.82 Å². The van der Waals surface area contributed by atoms with Crippen LogP contribution in [0.4, 0.5) is 11.4 Å². The SMILES string of the molecule is COC(=O)c1ccc2c(c1)NC(=O)/C2=C(/C)Nc1ccc(-c2nnn[nH]2)cc1. The lowest BCUT2D eigenvalue weighted by atomic mass is 10.0. The quantitative estimate of drug-likeness (QED) is 0.472. The molecule has 4 rings (SSSR count). The predicted octanol–water partition coefficient (Wildman–Crippen LogP) is 2.45. The monoisotopic (exact) mass is 376 g/mol. The molecule has 2 aromatic carbocycles. The second-order valence-corrected chi connectivity index (χ2v) is 6.16. The van der Waals surface area contributed by atoms with Crippen molar-refractivity contribution < 1.29 is 14.3 Å². The first-order chi connectivity index (χ1) is 13.6. The first kappa shape index (κ1) is 17.4. The highest BCUT2D eigenvalue weighted by atomic mass is 16.5. The Hall–Kier alpha value is -4.01. The van der Waals surface area contributed by atoms with E-state index in [0.717, 1.165) is 16.8 Å². The Balaban J connectivity index is 1.61. The van der Waals surface area contributed by atoms with Gasteiger partial charge in [0, 0.05) is 22.5 Å². The maximum Gasteiger partial charge on any atom is 0.337 e. The Bertz CT molecular complexity index is 1090. The number of aromatic nitrogens is 4. The molecule has 2 heterocycles. The number of benzene rings is 2. The summed E-state index contributed by atoms with van der Waals surface area (Å²) in [6.45, 7) is 1.83. The van der Waals surface area contributed by atoms with Gasteiger partial charge in [-0.2, -0.15) is 0 Å². The van der Waals surface area contributed by atoms with Gasteiger partial charge in [0.1, 0.15) is 0 Å². The van der Waals surface area contributed by atoms with E-state index in [4.69, 9.17) is 4.74 Å². The van der Waals surface area contributed by atoms with Crippen molar-refractivity contribution in [2.24, 2.45) is 0 Å². The lowest BCUT2D eigenvalue weighted by Crippen LogP contribution is -2.08. The van der Waals surface area contributed by atoms with E-state index < -0.39 is 5.97 Å². The van der Waals surface area contributed by atoms with Crippen LogP contribution in [0.15, 0.2) is 48.2 Å². The molecule has 1 aliphatic heterocycles. The molecule has 0 saturated carbocycles. The first-order valence-corrected chi connectivity index (χ1v) is 8.43. The Morgan fingerprint density at radius 3 is 2.61 bits per heavy atom. The van der Waals surface area contributed by atoms with E-state index in [-0.39, 0.29) is 5.91 Å². The van der Waals surface area contributed by atoms with Gasteiger partial charge in [-0.1, -0.05) is 6.07 Å². The minimum absolute atomic E-state index is 0.230. The molecule has 140 valence electrons. The van der Waals surface area contributed by atoms with Gasteiger partial charge < -0.3 is 15.4 Å². The van der Waals surface area contributed by atoms with E-state index >= 15 is 0 Å². The summed E-state index contributed by atoms with van der Waals surface area (Å²) in [4.78, 5) is 24.2. The molecule has 9 nitrogen and oxygen atoms in total. The third-order valence-corrected chi connectivity index (χ3v) is 4.40. The number of allylic oxidation sites excluding steroid dienone is 1. The fourth-order valence-corrected chi connectivity index (χ4v) is 3.06. The van der Waals surface area contributed by atoms with Crippen molar-refractivity contribution in [2.75, 3.05) is 17.7 Å². The van der Waals surface area contributed by atoms with Gasteiger partial charge in [-0.3, -0.25) is 4.79 Å². The highest BCUT2D eigenvalue weighted by molar-refractivity contribution is 6.32. The Morgan fingerprint density at radius 1 is 1.14 bits per heavy atom. The summed E-state index contributed by atoms with van der Waals surface area (Å²) in [6.07, 6.45) is 0. The van der Waals surface area contributed by atoms with Crippen LogP contribution in [0.25, 0.3) is 17.0 Å². The molecule has 3 aromatic rings. The lowest BCUT2D eigenvalue weighted by Gasteiger charge is -2.10. The van der Waals surface area contributed by atoms with Crippen LogP contribution in [0.2, 0.25) is 0 Å². The van der Waals surface area contributed by atoms with E-state index in [0.29, 0.717) is 28.3 Å². The number of anilines is 2. The number of carbonyl (C=O) groups is 2. The van der Waals surface area contributed by atoms with Gasteiger partial charge in [-0.05, 0) is 53.7 Å². The molecule has 0 unspecified atom stereocenters. The molecule has 0 radical (unpaired) electrons. The highest BCUT2D eigenvalue weighted by Gasteiger charge is 2.27. The minimum Gasteiger partial charge on any atom is -0.465 e. The average Bonchev–Trinajstić information content (AvgIpc) is 3.34. The van der Waals surface area contributed by atoms with Crippen molar-refractivity contribution in [1.29, 1.82) is 0 Å². The van der Waals surface area contributed by atoms with Crippen molar-refractivity contribution in [3.8, 4) is 11.4 Å². The second kappa shape index (κ2) is 6.95. The molecule has 0 fully saturated rings. The van der Waals surface area contributed by atoms with Crippen LogP contribution in [-0.4, -0.2) is 39.6 Å². The van der Waals surface area contributed by atoms with Crippen LogP contribution < -0.4 is 10.6 Å². The molecule has 28 heavy (non-hydrogen) atoms. The van der Waals surface area contributed by atoms with Gasteiger partial charge in [0.25, 0.3) is 5.91 Å². The number of tetrazole rings is 1. The maximum atomic E-state index is 12.5. The van der Waals surface area contributed by atoms with Crippen LogP contribution in [0.3, 0.4) is 0 Å². The zero-order chi connectivity index (χ0) is 19.7. The molecule has 9 heteroatoms. The van der Waals surface area contributed by atoms with Gasteiger partial charge in [-0.15, -0.1) is 5.10 Å². The number of hydrogen-bond acceptors (Lipinski definition) is 7. The van der Waals surface area contributed by atoms with Gasteiger partial charge in [0.05, 0.1) is 23.9 Å². The number of rotatable bonds is 4. The molecule has 0 saturated heterocycles. The number of fused-ring (bicyclic) bond motifs is 1. The summed E-state index contributed by atoms with van der Waals surface area (Å²) in [5, 5.41) is 19.7. The number of hydrogen-bond donors (Lipinski definition) is 3. The van der Waals surface area contributed by atoms with Gasteiger partial charge in [0.2, 0.25) is 0 Å². The van der Waals surface area contributed by atoms with Crippen LogP contribution in [0.5, 0.6) is 0 Å². The third-order valence-electron chi connectivity index (χ3n) is 4.40. The largest absolute Gasteiger partial charge is 0.465 e. The fraction of sp³-hybridized carbons (Fsp3) is 0.105. The Morgan fingerprint density at radius 2 is 1.93 bits per heavy atom. The van der Waals surface area contributed by atoms with E-state index in [1.807, 2.05) is 31.2 Å². The topological polar surface area (TPSA) is 122 Å². The van der Waals surface area contributed by atoms with Crippen molar-refractivity contribution in [3.63, 3.8) is 0 Å². The number of ether oxygens (including phenoxy) is 1. The predicted molar refractivity (Wildman–Crippen MR) is 102 cm³/mol. The van der Waals surface area contributed by atoms with Gasteiger partial charge >= 0.3 is 5.97 Å². The van der Waals surface area contributed by atoms with E-state index in [1.165, 1.54) is 7.11 Å². The van der Waals surface area contributed by atoms with Crippen LogP contribution in [0, 0.1) is 0 Å². The van der Waals surface area contributed by atoms with Crippen molar-refractivity contribution >= 4 is 28.8 Å². The third kappa shape index (κ3) is 3.09. The lowest BCUT2D eigenvalue weighted by molar-refractivity contribution is -0.110. The Kier molecular flexibility index (Phi) is 4.32. The van der Waals surface area contributed by atoms with E-state index in [2.05, 4.69) is 31.3 Å². The van der Waals surface area contributed by atoms with Crippen molar-refractivity contribution in [3.05, 3.63) is 59.3 Å². The number of esters is 1. The smallest absolute Gasteiger partial charge is 0.337 e. The molecule has 0 bridgehead atoms. The molecule has 1 amide bonds. The molecule has 3 N–H and O–H groups in total. The molecular formula is C19H16N6O3. The summed E-state index contributed by atoms with van der Waals surface area (Å²) < 4.78 is 4.72. The first-order valence-electron chi connectivity index (χ1n) is 8.43. The number of H-pyrrole nitrogens is 1.